The molecule has 1 heterocycles. The van der Waals surface area contributed by atoms with Crippen molar-refractivity contribution in [3.05, 3.63) is 71.3 Å². The largest absolute Gasteiger partial charge is 0.372 e. The molecule has 1 aliphatic heterocycles. The zero-order valence-electron chi connectivity index (χ0n) is 13.6. The van der Waals surface area contributed by atoms with Crippen molar-refractivity contribution < 1.29 is 9.53 Å². The van der Waals surface area contributed by atoms with Crippen molar-refractivity contribution in [1.29, 1.82) is 0 Å². The molecule has 0 bridgehead atoms. The summed E-state index contributed by atoms with van der Waals surface area (Å²) in [5, 5.41) is 0. The number of hydrogen-bond acceptors (Lipinski definition) is 2. The molecule has 0 radical (unpaired) electrons. The lowest BCUT2D eigenvalue weighted by Crippen LogP contribution is -2.31. The van der Waals surface area contributed by atoms with Crippen LogP contribution < -0.4 is 0 Å². The van der Waals surface area contributed by atoms with Gasteiger partial charge < -0.3 is 9.64 Å². The average Bonchev–Trinajstić information content (AvgIpc) is 3.03. The van der Waals surface area contributed by atoms with Crippen molar-refractivity contribution in [3.63, 3.8) is 0 Å². The Morgan fingerprint density at radius 3 is 2.70 bits per heavy atom. The van der Waals surface area contributed by atoms with Gasteiger partial charge in [-0.25, -0.2) is 0 Å². The summed E-state index contributed by atoms with van der Waals surface area (Å²) in [6.07, 6.45) is 1.55. The summed E-state index contributed by atoms with van der Waals surface area (Å²) in [7, 11) is 0. The number of nitrogens with zero attached hydrogens (tertiary/aromatic N) is 1. The SMILES string of the molecule is Cc1cccc(CC(=O)N2CCC(OCc3ccccc3)C2)c1. The normalized spacial score (nSPS) is 17.4. The molecule has 3 heteroatoms. The van der Waals surface area contributed by atoms with Crippen molar-refractivity contribution in [2.45, 2.75) is 32.5 Å². The van der Waals surface area contributed by atoms with Gasteiger partial charge in [0.05, 0.1) is 19.1 Å². The van der Waals surface area contributed by atoms with Gasteiger partial charge in [-0.05, 0) is 24.5 Å². The molecule has 2 aromatic carbocycles. The summed E-state index contributed by atoms with van der Waals surface area (Å²) in [6, 6.07) is 18.3. The van der Waals surface area contributed by atoms with Gasteiger partial charge in [0.2, 0.25) is 5.91 Å². The molecule has 1 aliphatic rings. The first kappa shape index (κ1) is 15.8. The van der Waals surface area contributed by atoms with Crippen molar-refractivity contribution in [3.8, 4) is 0 Å². The maximum atomic E-state index is 12.4. The summed E-state index contributed by atoms with van der Waals surface area (Å²) >= 11 is 0. The molecule has 2 aromatic rings. The molecule has 0 aliphatic carbocycles. The molecule has 3 rings (SSSR count). The topological polar surface area (TPSA) is 29.5 Å². The van der Waals surface area contributed by atoms with Crippen LogP contribution in [0.25, 0.3) is 0 Å². The van der Waals surface area contributed by atoms with Gasteiger partial charge in [-0.3, -0.25) is 4.79 Å². The predicted molar refractivity (Wildman–Crippen MR) is 91.1 cm³/mol. The van der Waals surface area contributed by atoms with Crippen LogP contribution in [0.2, 0.25) is 0 Å². The summed E-state index contributed by atoms with van der Waals surface area (Å²) in [4.78, 5) is 14.3. The molecule has 3 nitrogen and oxygen atoms in total. The molecule has 1 fully saturated rings. The Morgan fingerprint density at radius 1 is 1.13 bits per heavy atom. The summed E-state index contributed by atoms with van der Waals surface area (Å²) in [5.41, 5.74) is 3.46. The Hall–Kier alpha value is -2.13. The van der Waals surface area contributed by atoms with Crippen LogP contribution in [-0.4, -0.2) is 30.0 Å². The first-order valence-electron chi connectivity index (χ1n) is 8.19. The van der Waals surface area contributed by atoms with E-state index in [-0.39, 0.29) is 12.0 Å². The number of ether oxygens (including phenoxy) is 1. The van der Waals surface area contributed by atoms with Crippen LogP contribution in [0.5, 0.6) is 0 Å². The van der Waals surface area contributed by atoms with Crippen molar-refractivity contribution in [1.82, 2.24) is 4.90 Å². The predicted octanol–water partition coefficient (Wildman–Crippen LogP) is 3.36. The van der Waals surface area contributed by atoms with Gasteiger partial charge in [0.25, 0.3) is 0 Å². The van der Waals surface area contributed by atoms with Crippen LogP contribution in [0.15, 0.2) is 54.6 Å². The van der Waals surface area contributed by atoms with Crippen molar-refractivity contribution in [2.75, 3.05) is 13.1 Å². The minimum atomic E-state index is 0.150. The molecule has 1 atom stereocenters. The lowest BCUT2D eigenvalue weighted by atomic mass is 10.1. The number of aryl methyl sites for hydroxylation is 1. The Labute approximate surface area is 137 Å². The number of rotatable bonds is 5. The van der Waals surface area contributed by atoms with Gasteiger partial charge >= 0.3 is 0 Å². The van der Waals surface area contributed by atoms with E-state index in [0.717, 1.165) is 18.5 Å². The van der Waals surface area contributed by atoms with Gasteiger partial charge in [0.15, 0.2) is 0 Å². The summed E-state index contributed by atoms with van der Waals surface area (Å²) in [5.74, 6) is 0.196. The van der Waals surface area contributed by atoms with E-state index in [9.17, 15) is 4.79 Å². The fourth-order valence-electron chi connectivity index (χ4n) is 2.99. The quantitative estimate of drug-likeness (QED) is 0.847. The molecule has 0 saturated carbocycles. The zero-order chi connectivity index (χ0) is 16.1. The minimum Gasteiger partial charge on any atom is -0.372 e. The summed E-state index contributed by atoms with van der Waals surface area (Å²) < 4.78 is 5.94. The van der Waals surface area contributed by atoms with Crippen LogP contribution in [0.1, 0.15) is 23.1 Å². The second-order valence-electron chi connectivity index (χ2n) is 6.21. The van der Waals surface area contributed by atoms with Gasteiger partial charge in [-0.1, -0.05) is 60.2 Å². The molecule has 1 amide bonds. The minimum absolute atomic E-state index is 0.150. The number of benzene rings is 2. The highest BCUT2D eigenvalue weighted by molar-refractivity contribution is 5.79. The van der Waals surface area contributed by atoms with Crippen LogP contribution in [-0.2, 0) is 22.6 Å². The molecular formula is C20H23NO2. The van der Waals surface area contributed by atoms with E-state index in [2.05, 4.69) is 31.2 Å². The highest BCUT2D eigenvalue weighted by Crippen LogP contribution is 2.16. The van der Waals surface area contributed by atoms with Crippen LogP contribution >= 0.6 is 0 Å². The third kappa shape index (κ3) is 4.42. The zero-order valence-corrected chi connectivity index (χ0v) is 13.6. The summed E-state index contributed by atoms with van der Waals surface area (Å²) in [6.45, 7) is 4.17. The van der Waals surface area contributed by atoms with Gasteiger partial charge in [-0.2, -0.15) is 0 Å². The lowest BCUT2D eigenvalue weighted by Gasteiger charge is -2.17. The van der Waals surface area contributed by atoms with Crippen molar-refractivity contribution in [2.24, 2.45) is 0 Å². The number of carbonyl (C=O) groups is 1. The Kier molecular flexibility index (Phi) is 5.09. The van der Waals surface area contributed by atoms with E-state index in [1.165, 1.54) is 11.1 Å². The Morgan fingerprint density at radius 2 is 1.91 bits per heavy atom. The lowest BCUT2D eigenvalue weighted by molar-refractivity contribution is -0.130. The molecular weight excluding hydrogens is 286 g/mol. The fraction of sp³-hybridized carbons (Fsp3) is 0.350. The molecule has 1 saturated heterocycles. The smallest absolute Gasteiger partial charge is 0.227 e. The first-order chi connectivity index (χ1) is 11.2. The standard InChI is InChI=1S/C20H23NO2/c1-16-6-5-9-18(12-16)13-20(22)21-11-10-19(14-21)23-15-17-7-3-2-4-8-17/h2-9,12,19H,10-11,13-15H2,1H3. The Balaban J connectivity index is 1.48. The molecule has 120 valence electrons. The first-order valence-corrected chi connectivity index (χ1v) is 8.19. The van der Waals surface area contributed by atoms with E-state index in [1.807, 2.05) is 35.2 Å². The monoisotopic (exact) mass is 309 g/mol. The number of carbonyl (C=O) groups excluding carboxylic acids is 1. The number of amides is 1. The van der Waals surface area contributed by atoms with Crippen molar-refractivity contribution >= 4 is 5.91 Å². The van der Waals surface area contributed by atoms with Crippen LogP contribution in [0.3, 0.4) is 0 Å². The van der Waals surface area contributed by atoms with E-state index < -0.39 is 0 Å². The highest BCUT2D eigenvalue weighted by atomic mass is 16.5. The molecule has 0 spiro atoms. The fourth-order valence-corrected chi connectivity index (χ4v) is 2.99. The third-order valence-corrected chi connectivity index (χ3v) is 4.26. The highest BCUT2D eigenvalue weighted by Gasteiger charge is 2.26. The van der Waals surface area contributed by atoms with E-state index >= 15 is 0 Å². The second-order valence-corrected chi connectivity index (χ2v) is 6.21. The Bertz CT molecular complexity index is 654. The number of hydrogen-bond donors (Lipinski definition) is 0. The van der Waals surface area contributed by atoms with E-state index in [1.54, 1.807) is 0 Å². The number of likely N-dealkylation sites (tertiary alicyclic amines) is 1. The van der Waals surface area contributed by atoms with Gasteiger partial charge in [0, 0.05) is 13.1 Å². The molecule has 0 aromatic heterocycles. The average molecular weight is 309 g/mol. The van der Waals surface area contributed by atoms with Crippen LogP contribution in [0, 0.1) is 6.92 Å². The molecule has 1 unspecified atom stereocenters. The van der Waals surface area contributed by atoms with Gasteiger partial charge in [0.1, 0.15) is 0 Å². The maximum absolute atomic E-state index is 12.4. The van der Waals surface area contributed by atoms with Crippen LogP contribution in [0.4, 0.5) is 0 Å². The van der Waals surface area contributed by atoms with Gasteiger partial charge in [-0.15, -0.1) is 0 Å². The molecule has 23 heavy (non-hydrogen) atoms. The molecule has 0 N–H and O–H groups in total. The third-order valence-electron chi connectivity index (χ3n) is 4.26. The second kappa shape index (κ2) is 7.42. The van der Waals surface area contributed by atoms with E-state index in [0.29, 0.717) is 19.6 Å². The van der Waals surface area contributed by atoms with E-state index in [4.69, 9.17) is 4.74 Å². The maximum Gasteiger partial charge on any atom is 0.227 e.